The van der Waals surface area contributed by atoms with Crippen molar-refractivity contribution in [2.45, 2.75) is 51.1 Å². The SMILES string of the molecule is CCCCCNC(CC(=O)O)C(=O)NC(CC(=O)O)C(=O)O. The highest BCUT2D eigenvalue weighted by molar-refractivity contribution is 5.91. The van der Waals surface area contributed by atoms with Crippen molar-refractivity contribution < 1.29 is 34.5 Å². The van der Waals surface area contributed by atoms with Gasteiger partial charge in [-0.3, -0.25) is 14.4 Å². The monoisotopic (exact) mass is 318 g/mol. The summed E-state index contributed by atoms with van der Waals surface area (Å²) in [7, 11) is 0. The van der Waals surface area contributed by atoms with Crippen LogP contribution in [0.4, 0.5) is 0 Å². The zero-order valence-electron chi connectivity index (χ0n) is 12.4. The van der Waals surface area contributed by atoms with E-state index in [9.17, 15) is 19.2 Å². The third kappa shape index (κ3) is 8.90. The molecule has 22 heavy (non-hydrogen) atoms. The molecule has 0 fully saturated rings. The maximum absolute atomic E-state index is 11.9. The number of carboxylic acids is 3. The zero-order chi connectivity index (χ0) is 17.1. The van der Waals surface area contributed by atoms with Crippen molar-refractivity contribution in [3.05, 3.63) is 0 Å². The van der Waals surface area contributed by atoms with Gasteiger partial charge in [-0.2, -0.15) is 0 Å². The lowest BCUT2D eigenvalue weighted by atomic mass is 10.1. The van der Waals surface area contributed by atoms with E-state index in [2.05, 4.69) is 5.32 Å². The lowest BCUT2D eigenvalue weighted by molar-refractivity contribution is -0.147. The Labute approximate surface area is 127 Å². The van der Waals surface area contributed by atoms with Crippen LogP contribution in [0.1, 0.15) is 39.0 Å². The molecule has 0 aliphatic heterocycles. The maximum Gasteiger partial charge on any atom is 0.326 e. The summed E-state index contributed by atoms with van der Waals surface area (Å²) < 4.78 is 0. The summed E-state index contributed by atoms with van der Waals surface area (Å²) >= 11 is 0. The first-order valence-electron chi connectivity index (χ1n) is 6.98. The van der Waals surface area contributed by atoms with Crippen LogP contribution in [0.5, 0.6) is 0 Å². The molecule has 0 spiro atoms. The van der Waals surface area contributed by atoms with Gasteiger partial charge in [-0.1, -0.05) is 19.8 Å². The van der Waals surface area contributed by atoms with Gasteiger partial charge in [0.05, 0.1) is 18.9 Å². The fourth-order valence-corrected chi connectivity index (χ4v) is 1.73. The van der Waals surface area contributed by atoms with Crippen molar-refractivity contribution in [1.29, 1.82) is 0 Å². The van der Waals surface area contributed by atoms with Crippen LogP contribution in [0.15, 0.2) is 0 Å². The molecule has 0 bridgehead atoms. The Bertz CT molecular complexity index is 411. The predicted molar refractivity (Wildman–Crippen MR) is 75.4 cm³/mol. The molecule has 0 saturated carbocycles. The number of unbranched alkanes of at least 4 members (excludes halogenated alkanes) is 2. The fraction of sp³-hybridized carbons (Fsp3) is 0.692. The first-order valence-corrected chi connectivity index (χ1v) is 6.98. The van der Waals surface area contributed by atoms with Crippen LogP contribution in [0, 0.1) is 0 Å². The number of nitrogens with one attached hydrogen (secondary N) is 2. The van der Waals surface area contributed by atoms with E-state index < -0.39 is 48.7 Å². The molecule has 1 amide bonds. The highest BCUT2D eigenvalue weighted by atomic mass is 16.4. The molecule has 0 aromatic carbocycles. The number of rotatable bonds is 12. The first kappa shape index (κ1) is 19.8. The fourth-order valence-electron chi connectivity index (χ4n) is 1.73. The highest BCUT2D eigenvalue weighted by Gasteiger charge is 2.28. The van der Waals surface area contributed by atoms with Crippen molar-refractivity contribution in [1.82, 2.24) is 10.6 Å². The number of amides is 1. The Morgan fingerprint density at radius 2 is 1.45 bits per heavy atom. The van der Waals surface area contributed by atoms with E-state index in [-0.39, 0.29) is 0 Å². The Kier molecular flexibility index (Phi) is 9.51. The van der Waals surface area contributed by atoms with Gasteiger partial charge in [0.2, 0.25) is 5.91 Å². The average Bonchev–Trinajstić information content (AvgIpc) is 2.40. The number of carbonyl (C=O) groups is 4. The van der Waals surface area contributed by atoms with E-state index >= 15 is 0 Å². The van der Waals surface area contributed by atoms with Gasteiger partial charge in [-0.05, 0) is 13.0 Å². The molecule has 9 heteroatoms. The maximum atomic E-state index is 11.9. The normalized spacial score (nSPS) is 13.1. The van der Waals surface area contributed by atoms with Gasteiger partial charge in [-0.25, -0.2) is 4.79 Å². The minimum Gasteiger partial charge on any atom is -0.481 e. The molecule has 2 atom stereocenters. The largest absolute Gasteiger partial charge is 0.481 e. The molecule has 0 aromatic heterocycles. The van der Waals surface area contributed by atoms with Crippen molar-refractivity contribution in [2.75, 3.05) is 6.54 Å². The van der Waals surface area contributed by atoms with Crippen LogP contribution in [-0.2, 0) is 19.2 Å². The summed E-state index contributed by atoms with van der Waals surface area (Å²) in [4.78, 5) is 44.2. The molecular weight excluding hydrogens is 296 g/mol. The van der Waals surface area contributed by atoms with E-state index in [1.807, 2.05) is 12.2 Å². The van der Waals surface area contributed by atoms with E-state index in [1.165, 1.54) is 0 Å². The molecule has 0 saturated heterocycles. The van der Waals surface area contributed by atoms with E-state index in [0.717, 1.165) is 19.3 Å². The second-order valence-corrected chi connectivity index (χ2v) is 4.81. The van der Waals surface area contributed by atoms with Crippen LogP contribution in [0.3, 0.4) is 0 Å². The van der Waals surface area contributed by atoms with Gasteiger partial charge >= 0.3 is 17.9 Å². The predicted octanol–water partition coefficient (Wildman–Crippen LogP) is -0.346. The third-order valence-electron chi connectivity index (χ3n) is 2.86. The van der Waals surface area contributed by atoms with E-state index in [0.29, 0.717) is 6.54 Å². The molecule has 0 radical (unpaired) electrons. The molecular formula is C13H22N2O7. The Balaban J connectivity index is 4.67. The van der Waals surface area contributed by atoms with Gasteiger partial charge in [-0.15, -0.1) is 0 Å². The average molecular weight is 318 g/mol. The third-order valence-corrected chi connectivity index (χ3v) is 2.86. The molecule has 0 heterocycles. The van der Waals surface area contributed by atoms with Crippen LogP contribution >= 0.6 is 0 Å². The summed E-state index contributed by atoms with van der Waals surface area (Å²) in [5, 5.41) is 31.1. The van der Waals surface area contributed by atoms with Crippen LogP contribution in [0.25, 0.3) is 0 Å². The Morgan fingerprint density at radius 3 is 1.91 bits per heavy atom. The molecule has 5 N–H and O–H groups in total. The number of carbonyl (C=O) groups excluding carboxylic acids is 1. The molecule has 2 unspecified atom stereocenters. The first-order chi connectivity index (χ1) is 10.3. The Morgan fingerprint density at radius 1 is 0.909 bits per heavy atom. The van der Waals surface area contributed by atoms with Crippen molar-refractivity contribution in [2.24, 2.45) is 0 Å². The molecule has 0 rings (SSSR count). The number of hydrogen-bond donors (Lipinski definition) is 5. The topological polar surface area (TPSA) is 153 Å². The minimum atomic E-state index is -1.60. The number of aliphatic carboxylic acids is 3. The standard InChI is InChI=1S/C13H22N2O7/c1-2-3-4-5-14-8(6-10(16)17)12(20)15-9(13(21)22)7-11(18)19/h8-9,14H,2-7H2,1H3,(H,15,20)(H,16,17)(H,18,19)(H,21,22). The summed E-state index contributed by atoms with van der Waals surface area (Å²) in [6, 6.07) is -2.70. The number of carboxylic acid groups (broad SMARTS) is 3. The van der Waals surface area contributed by atoms with Crippen LogP contribution < -0.4 is 10.6 Å². The summed E-state index contributed by atoms with van der Waals surface area (Å²) in [6.45, 7) is 2.40. The lowest BCUT2D eigenvalue weighted by Crippen LogP contribution is -2.51. The van der Waals surface area contributed by atoms with Crippen LogP contribution in [-0.4, -0.2) is 57.8 Å². The van der Waals surface area contributed by atoms with E-state index in [4.69, 9.17) is 15.3 Å². The molecule has 9 nitrogen and oxygen atoms in total. The molecule has 126 valence electrons. The summed E-state index contributed by atoms with van der Waals surface area (Å²) in [6.07, 6.45) is 1.31. The van der Waals surface area contributed by atoms with E-state index in [1.54, 1.807) is 0 Å². The molecule has 0 aliphatic rings. The highest BCUT2D eigenvalue weighted by Crippen LogP contribution is 2.00. The van der Waals surface area contributed by atoms with Gasteiger partial charge < -0.3 is 26.0 Å². The van der Waals surface area contributed by atoms with Crippen molar-refractivity contribution in [3.8, 4) is 0 Å². The second-order valence-electron chi connectivity index (χ2n) is 4.81. The van der Waals surface area contributed by atoms with Gasteiger partial charge in [0.1, 0.15) is 6.04 Å². The molecule has 0 aromatic rings. The van der Waals surface area contributed by atoms with Crippen molar-refractivity contribution in [3.63, 3.8) is 0 Å². The lowest BCUT2D eigenvalue weighted by Gasteiger charge is -2.19. The van der Waals surface area contributed by atoms with Crippen LogP contribution in [0.2, 0.25) is 0 Å². The van der Waals surface area contributed by atoms with Gasteiger partial charge in [0, 0.05) is 0 Å². The number of hydrogen-bond acceptors (Lipinski definition) is 5. The minimum absolute atomic E-state index is 0.413. The Hall–Kier alpha value is -2.16. The van der Waals surface area contributed by atoms with Crippen molar-refractivity contribution >= 4 is 23.8 Å². The zero-order valence-corrected chi connectivity index (χ0v) is 12.4. The summed E-state index contributed by atoms with van der Waals surface area (Å²) in [5.41, 5.74) is 0. The quantitative estimate of drug-likeness (QED) is 0.306. The van der Waals surface area contributed by atoms with Gasteiger partial charge in [0.25, 0.3) is 0 Å². The van der Waals surface area contributed by atoms with Gasteiger partial charge in [0.15, 0.2) is 0 Å². The molecule has 0 aliphatic carbocycles. The second kappa shape index (κ2) is 10.6. The smallest absolute Gasteiger partial charge is 0.326 e. The summed E-state index contributed by atoms with van der Waals surface area (Å²) in [5.74, 6) is -4.92.